The highest BCUT2D eigenvalue weighted by Crippen LogP contribution is 2.11. The van der Waals surface area contributed by atoms with Gasteiger partial charge in [0.1, 0.15) is 0 Å². The normalized spacial score (nSPS) is 11.5. The molecule has 0 aromatic carbocycles. The molecular weight excluding hydrogens is 206 g/mol. The van der Waals surface area contributed by atoms with Gasteiger partial charge < -0.3 is 4.74 Å². The van der Waals surface area contributed by atoms with Gasteiger partial charge in [-0.2, -0.15) is 4.98 Å². The maximum absolute atomic E-state index is 10.6. The lowest BCUT2D eigenvalue weighted by Gasteiger charge is -1.90. The molecule has 1 N–H and O–H groups in total. The van der Waals surface area contributed by atoms with E-state index in [1.807, 2.05) is 0 Å². The van der Waals surface area contributed by atoms with E-state index in [4.69, 9.17) is 15.4 Å². The smallest absolute Gasteiger partial charge is 0.336 e. The van der Waals surface area contributed by atoms with Crippen molar-refractivity contribution in [2.24, 2.45) is 0 Å². The number of halogens is 1. The van der Waals surface area contributed by atoms with Gasteiger partial charge in [0.25, 0.3) is 14.2 Å². The molecule has 0 aliphatic rings. The third-order valence-electron chi connectivity index (χ3n) is 0.949. The summed E-state index contributed by atoms with van der Waals surface area (Å²) in [7, 11) is 1.12. The van der Waals surface area contributed by atoms with Crippen molar-refractivity contribution in [2.45, 2.75) is 12.1 Å². The molecule has 1 rings (SSSR count). The molecule has 0 saturated heterocycles. The zero-order valence-electron chi connectivity index (χ0n) is 6.11. The van der Waals surface area contributed by atoms with Crippen LogP contribution in [0.4, 0.5) is 0 Å². The van der Waals surface area contributed by atoms with Crippen molar-refractivity contribution < 1.29 is 13.2 Å². The maximum Gasteiger partial charge on any atom is 0.336 e. The second kappa shape index (κ2) is 3.28. The van der Waals surface area contributed by atoms with Gasteiger partial charge >= 0.3 is 6.01 Å². The van der Waals surface area contributed by atoms with E-state index in [-0.39, 0.29) is 6.01 Å². The number of hydrogen-bond donors (Lipinski definition) is 1. The second-order valence-corrected chi connectivity index (χ2v) is 4.28. The van der Waals surface area contributed by atoms with Gasteiger partial charge in [0.15, 0.2) is 0 Å². The zero-order valence-corrected chi connectivity index (χ0v) is 7.68. The number of hydrogen-bond acceptors (Lipinski definition) is 5. The fourth-order valence-electron chi connectivity index (χ4n) is 0.535. The predicted molar refractivity (Wildman–Crippen MR) is 40.6 cm³/mol. The summed E-state index contributed by atoms with van der Waals surface area (Å²) in [5, 5.41) is 5.17. The van der Waals surface area contributed by atoms with Crippen LogP contribution >= 0.6 is 10.7 Å². The molecule has 0 fully saturated rings. The minimum absolute atomic E-state index is 0.0308. The van der Waals surface area contributed by atoms with Crippen molar-refractivity contribution in [3.05, 3.63) is 0 Å². The second-order valence-electron chi connectivity index (χ2n) is 1.79. The summed E-state index contributed by atoms with van der Waals surface area (Å²) in [5.41, 5.74) is 0. The molecule has 0 aliphatic heterocycles. The molecule has 0 unspecified atom stereocenters. The van der Waals surface area contributed by atoms with Gasteiger partial charge in [-0.1, -0.05) is 0 Å². The fourth-order valence-corrected chi connectivity index (χ4v) is 1.08. The largest absolute Gasteiger partial charge is 0.463 e. The van der Waals surface area contributed by atoms with Crippen molar-refractivity contribution in [3.63, 3.8) is 0 Å². The average molecular weight is 212 g/mol. The van der Waals surface area contributed by atoms with Crippen molar-refractivity contribution in [3.8, 4) is 6.01 Å². The Bertz CT molecular complexity index is 359. The molecule has 0 bridgehead atoms. The van der Waals surface area contributed by atoms with Gasteiger partial charge in [0, 0.05) is 10.7 Å². The Hall–Kier alpha value is -0.820. The van der Waals surface area contributed by atoms with Crippen LogP contribution in [-0.2, 0) is 9.05 Å². The van der Waals surface area contributed by atoms with Crippen LogP contribution < -0.4 is 4.74 Å². The number of aromatic amines is 1. The van der Waals surface area contributed by atoms with E-state index < -0.39 is 14.2 Å². The highest BCUT2D eigenvalue weighted by molar-refractivity contribution is 8.13. The first-order chi connectivity index (χ1) is 5.54. The lowest BCUT2D eigenvalue weighted by Crippen LogP contribution is -1.94. The Labute approximate surface area is 73.3 Å². The van der Waals surface area contributed by atoms with Gasteiger partial charge in [-0.3, -0.25) is 0 Å². The average Bonchev–Trinajstić information content (AvgIpc) is 2.35. The summed E-state index contributed by atoms with van der Waals surface area (Å²) in [5.74, 6) is 0. The zero-order chi connectivity index (χ0) is 9.19. The molecule has 68 valence electrons. The Morgan fingerprint density at radius 2 is 2.33 bits per heavy atom. The number of nitrogens with one attached hydrogen (secondary N) is 1. The van der Waals surface area contributed by atoms with Gasteiger partial charge in [-0.15, -0.1) is 5.10 Å². The molecule has 0 aliphatic carbocycles. The molecule has 8 heteroatoms. The minimum atomic E-state index is -3.84. The third-order valence-corrected chi connectivity index (χ3v) is 2.03. The summed E-state index contributed by atoms with van der Waals surface area (Å²) in [6, 6.07) is -0.0308. The number of nitrogens with zero attached hydrogens (tertiary/aromatic N) is 2. The standard InChI is InChI=1S/C4H6ClN3O3S/c1-2-11-3-6-4(8-7-3)12(5,9)10/h2H2,1H3,(H,6,7,8). The van der Waals surface area contributed by atoms with E-state index >= 15 is 0 Å². The first-order valence-electron chi connectivity index (χ1n) is 3.04. The quantitative estimate of drug-likeness (QED) is 0.719. The monoisotopic (exact) mass is 211 g/mol. The highest BCUT2D eigenvalue weighted by atomic mass is 35.7. The topological polar surface area (TPSA) is 84.9 Å². The number of ether oxygens (including phenoxy) is 1. The molecule has 6 nitrogen and oxygen atoms in total. The molecule has 1 aromatic rings. The van der Waals surface area contributed by atoms with Gasteiger partial charge in [-0.05, 0) is 6.92 Å². The predicted octanol–water partition coefficient (Wildman–Crippen LogP) is 0.131. The molecule has 0 amide bonds. The van der Waals surface area contributed by atoms with Crippen LogP contribution in [0.25, 0.3) is 0 Å². The molecular formula is C4H6ClN3O3S. The first-order valence-corrected chi connectivity index (χ1v) is 5.35. The first kappa shape index (κ1) is 9.27. The third kappa shape index (κ3) is 2.08. The van der Waals surface area contributed by atoms with Crippen molar-refractivity contribution in [1.82, 2.24) is 15.2 Å². The lowest BCUT2D eigenvalue weighted by molar-refractivity contribution is 0.313. The van der Waals surface area contributed by atoms with Crippen molar-refractivity contribution >= 4 is 19.7 Å². The highest BCUT2D eigenvalue weighted by Gasteiger charge is 2.15. The summed E-state index contributed by atoms with van der Waals surface area (Å²) in [4.78, 5) is 3.46. The fraction of sp³-hybridized carbons (Fsp3) is 0.500. The number of aromatic nitrogens is 3. The van der Waals surface area contributed by atoms with E-state index in [2.05, 4.69) is 15.2 Å². The van der Waals surface area contributed by atoms with Crippen LogP contribution in [0.1, 0.15) is 6.92 Å². The molecule has 1 aromatic heterocycles. The van der Waals surface area contributed by atoms with E-state index in [9.17, 15) is 8.42 Å². The molecule has 0 atom stereocenters. The van der Waals surface area contributed by atoms with E-state index in [1.165, 1.54) is 0 Å². The molecule has 0 spiro atoms. The van der Waals surface area contributed by atoms with Gasteiger partial charge in [-0.25, -0.2) is 13.5 Å². The lowest BCUT2D eigenvalue weighted by atomic mass is 10.9. The Balaban J connectivity index is 2.92. The number of H-pyrrole nitrogens is 1. The maximum atomic E-state index is 10.6. The SMILES string of the molecule is CCOc1n[nH]c(S(=O)(=O)Cl)n1. The Kier molecular flexibility index (Phi) is 2.53. The summed E-state index contributed by atoms with van der Waals surface area (Å²) < 4.78 is 26.1. The molecule has 1 heterocycles. The van der Waals surface area contributed by atoms with Crippen LogP contribution in [0, 0.1) is 0 Å². The molecule has 12 heavy (non-hydrogen) atoms. The van der Waals surface area contributed by atoms with E-state index in [1.54, 1.807) is 6.92 Å². The van der Waals surface area contributed by atoms with Crippen LogP contribution in [-0.4, -0.2) is 30.2 Å². The molecule has 0 radical (unpaired) electrons. The van der Waals surface area contributed by atoms with Crippen LogP contribution in [0.5, 0.6) is 6.01 Å². The number of rotatable bonds is 3. The van der Waals surface area contributed by atoms with Crippen LogP contribution in [0.3, 0.4) is 0 Å². The minimum Gasteiger partial charge on any atom is -0.463 e. The van der Waals surface area contributed by atoms with Crippen LogP contribution in [0.15, 0.2) is 5.16 Å². The van der Waals surface area contributed by atoms with Gasteiger partial charge in [0.05, 0.1) is 6.61 Å². The summed E-state index contributed by atoms with van der Waals surface area (Å²) >= 11 is 0. The van der Waals surface area contributed by atoms with E-state index in [0.717, 1.165) is 0 Å². The summed E-state index contributed by atoms with van der Waals surface area (Å²) in [6.07, 6.45) is 0. The van der Waals surface area contributed by atoms with E-state index in [0.29, 0.717) is 6.61 Å². The van der Waals surface area contributed by atoms with Crippen LogP contribution in [0.2, 0.25) is 0 Å². The summed E-state index contributed by atoms with van der Waals surface area (Å²) in [6.45, 7) is 2.09. The van der Waals surface area contributed by atoms with Crippen molar-refractivity contribution in [2.75, 3.05) is 6.61 Å². The van der Waals surface area contributed by atoms with Gasteiger partial charge in [0.2, 0.25) is 0 Å². The molecule has 0 saturated carbocycles. The van der Waals surface area contributed by atoms with Crippen molar-refractivity contribution in [1.29, 1.82) is 0 Å². The Morgan fingerprint density at radius 3 is 2.75 bits per heavy atom. The Morgan fingerprint density at radius 1 is 1.67 bits per heavy atom.